The number of ether oxygens (including phenoxy) is 1. The van der Waals surface area contributed by atoms with Crippen LogP contribution in [0, 0.1) is 6.92 Å². The van der Waals surface area contributed by atoms with Gasteiger partial charge in [0.25, 0.3) is 0 Å². The van der Waals surface area contributed by atoms with E-state index in [-0.39, 0.29) is 0 Å². The molecule has 0 aromatic carbocycles. The Hall–Kier alpha value is -0.680. The van der Waals surface area contributed by atoms with Gasteiger partial charge in [-0.2, -0.15) is 0 Å². The molecule has 14 heavy (non-hydrogen) atoms. The maximum atomic E-state index is 5.28. The van der Waals surface area contributed by atoms with Crippen molar-refractivity contribution in [2.75, 3.05) is 31.2 Å². The van der Waals surface area contributed by atoms with Crippen molar-refractivity contribution in [3.63, 3.8) is 0 Å². The van der Waals surface area contributed by atoms with Gasteiger partial charge in [-0.25, -0.2) is 9.97 Å². The molecule has 0 radical (unpaired) electrons. The van der Waals surface area contributed by atoms with E-state index in [9.17, 15) is 0 Å². The van der Waals surface area contributed by atoms with E-state index in [4.69, 9.17) is 4.74 Å². The lowest BCUT2D eigenvalue weighted by molar-refractivity contribution is 0.122. The highest BCUT2D eigenvalue weighted by molar-refractivity contribution is 9.10. The largest absolute Gasteiger partial charge is 0.378 e. The third-order valence-electron chi connectivity index (χ3n) is 2.13. The molecule has 76 valence electrons. The fourth-order valence-corrected chi connectivity index (χ4v) is 1.93. The number of morpholine rings is 1. The Morgan fingerprint density at radius 3 is 2.71 bits per heavy atom. The Morgan fingerprint density at radius 2 is 2.07 bits per heavy atom. The molecule has 1 aromatic rings. The molecule has 0 atom stereocenters. The zero-order chi connectivity index (χ0) is 9.97. The lowest BCUT2D eigenvalue weighted by Gasteiger charge is -2.27. The van der Waals surface area contributed by atoms with Gasteiger partial charge in [-0.1, -0.05) is 0 Å². The molecule has 0 N–H and O–H groups in total. The molecule has 1 aliphatic rings. The second-order valence-corrected chi connectivity index (χ2v) is 4.01. The number of anilines is 1. The second-order valence-electron chi connectivity index (χ2n) is 3.20. The molecule has 0 saturated carbocycles. The molecule has 0 bridgehead atoms. The van der Waals surface area contributed by atoms with Crippen LogP contribution in [0.4, 0.5) is 5.82 Å². The number of halogens is 1. The molecule has 5 heteroatoms. The number of nitrogens with zero attached hydrogens (tertiary/aromatic N) is 3. The molecule has 0 spiro atoms. The van der Waals surface area contributed by atoms with Crippen molar-refractivity contribution in [1.29, 1.82) is 0 Å². The van der Waals surface area contributed by atoms with Crippen molar-refractivity contribution in [3.05, 3.63) is 16.5 Å². The van der Waals surface area contributed by atoms with Crippen molar-refractivity contribution >= 4 is 21.7 Å². The average Bonchev–Trinajstić information content (AvgIpc) is 2.18. The first-order valence-corrected chi connectivity index (χ1v) is 5.39. The van der Waals surface area contributed by atoms with Gasteiger partial charge < -0.3 is 9.64 Å². The van der Waals surface area contributed by atoms with E-state index in [1.54, 1.807) is 0 Å². The van der Waals surface area contributed by atoms with Crippen molar-refractivity contribution in [3.8, 4) is 0 Å². The van der Waals surface area contributed by atoms with Gasteiger partial charge in [0.15, 0.2) is 0 Å². The van der Waals surface area contributed by atoms with Crippen molar-refractivity contribution in [1.82, 2.24) is 9.97 Å². The summed E-state index contributed by atoms with van der Waals surface area (Å²) in [5, 5.41) is 0. The summed E-state index contributed by atoms with van der Waals surface area (Å²) in [7, 11) is 0. The van der Waals surface area contributed by atoms with Gasteiger partial charge in [0.05, 0.1) is 13.2 Å². The number of rotatable bonds is 1. The van der Waals surface area contributed by atoms with Crippen LogP contribution in [0.5, 0.6) is 0 Å². The fraction of sp³-hybridized carbons (Fsp3) is 0.556. The Morgan fingerprint density at radius 1 is 1.36 bits per heavy atom. The maximum Gasteiger partial charge on any atom is 0.133 e. The molecule has 4 nitrogen and oxygen atoms in total. The molecule has 0 amide bonds. The predicted octanol–water partition coefficient (Wildman–Crippen LogP) is 1.38. The predicted molar refractivity (Wildman–Crippen MR) is 57.5 cm³/mol. The second kappa shape index (κ2) is 4.23. The summed E-state index contributed by atoms with van der Waals surface area (Å²) >= 11 is 3.37. The number of hydrogen-bond donors (Lipinski definition) is 0. The first kappa shape index (κ1) is 9.86. The summed E-state index contributed by atoms with van der Waals surface area (Å²) in [6.07, 6.45) is 0. The van der Waals surface area contributed by atoms with Crippen LogP contribution in [0.2, 0.25) is 0 Å². The van der Waals surface area contributed by atoms with Crippen LogP contribution in [0.15, 0.2) is 10.7 Å². The first-order chi connectivity index (χ1) is 6.75. The van der Waals surface area contributed by atoms with Crippen molar-refractivity contribution in [2.24, 2.45) is 0 Å². The van der Waals surface area contributed by atoms with Gasteiger partial charge in [0, 0.05) is 19.2 Å². The summed E-state index contributed by atoms with van der Waals surface area (Å²) in [5.41, 5.74) is 0. The highest BCUT2D eigenvalue weighted by Gasteiger charge is 2.13. The van der Waals surface area contributed by atoms with Crippen molar-refractivity contribution < 1.29 is 4.74 Å². The Kier molecular flexibility index (Phi) is 2.98. The third-order valence-corrected chi connectivity index (χ3v) is 2.53. The van der Waals surface area contributed by atoms with Crippen LogP contribution in [0.25, 0.3) is 0 Å². The molecule has 2 rings (SSSR count). The lowest BCUT2D eigenvalue weighted by atomic mass is 10.4. The van der Waals surface area contributed by atoms with E-state index >= 15 is 0 Å². The number of aryl methyl sites for hydroxylation is 1. The highest BCUT2D eigenvalue weighted by Crippen LogP contribution is 2.17. The van der Waals surface area contributed by atoms with Gasteiger partial charge in [0.1, 0.15) is 16.2 Å². The van der Waals surface area contributed by atoms with Gasteiger partial charge in [-0.15, -0.1) is 0 Å². The smallest absolute Gasteiger partial charge is 0.133 e. The molecule has 1 aliphatic heterocycles. The highest BCUT2D eigenvalue weighted by atomic mass is 79.9. The summed E-state index contributed by atoms with van der Waals surface area (Å²) in [5.74, 6) is 1.77. The van der Waals surface area contributed by atoms with E-state index in [1.807, 2.05) is 13.0 Å². The van der Waals surface area contributed by atoms with Crippen LogP contribution >= 0.6 is 15.9 Å². The molecule has 0 aliphatic carbocycles. The zero-order valence-electron chi connectivity index (χ0n) is 8.03. The van der Waals surface area contributed by atoms with Gasteiger partial charge in [0.2, 0.25) is 0 Å². The van der Waals surface area contributed by atoms with E-state index in [0.717, 1.165) is 42.5 Å². The minimum absolute atomic E-state index is 0.778. The van der Waals surface area contributed by atoms with E-state index < -0.39 is 0 Å². The molecular formula is C9H12BrN3O. The molecule has 0 unspecified atom stereocenters. The monoisotopic (exact) mass is 257 g/mol. The van der Waals surface area contributed by atoms with Crippen LogP contribution in [0.1, 0.15) is 5.82 Å². The summed E-state index contributed by atoms with van der Waals surface area (Å²) < 4.78 is 6.12. The van der Waals surface area contributed by atoms with Gasteiger partial charge in [-0.05, 0) is 22.9 Å². The zero-order valence-corrected chi connectivity index (χ0v) is 9.62. The normalized spacial score (nSPS) is 17.1. The Labute approximate surface area is 91.4 Å². The minimum atomic E-state index is 0.778. The van der Waals surface area contributed by atoms with E-state index in [2.05, 4.69) is 30.8 Å². The minimum Gasteiger partial charge on any atom is -0.378 e. The van der Waals surface area contributed by atoms with Crippen molar-refractivity contribution in [2.45, 2.75) is 6.92 Å². The molecule has 1 saturated heterocycles. The van der Waals surface area contributed by atoms with E-state index in [1.165, 1.54) is 0 Å². The Balaban J connectivity index is 2.21. The van der Waals surface area contributed by atoms with Crippen LogP contribution in [0.3, 0.4) is 0 Å². The first-order valence-electron chi connectivity index (χ1n) is 4.59. The fourth-order valence-electron chi connectivity index (χ4n) is 1.47. The molecule has 2 heterocycles. The summed E-state index contributed by atoms with van der Waals surface area (Å²) in [6.45, 7) is 5.27. The van der Waals surface area contributed by atoms with Crippen LogP contribution < -0.4 is 4.90 Å². The molecule has 1 fully saturated rings. The third kappa shape index (κ3) is 2.22. The maximum absolute atomic E-state index is 5.28. The SMILES string of the molecule is Cc1nc(Br)cc(N2CCOCC2)n1. The van der Waals surface area contributed by atoms with Gasteiger partial charge in [-0.3, -0.25) is 0 Å². The van der Waals surface area contributed by atoms with Crippen LogP contribution in [-0.4, -0.2) is 36.3 Å². The topological polar surface area (TPSA) is 38.2 Å². The Bertz CT molecular complexity index is 306. The summed E-state index contributed by atoms with van der Waals surface area (Å²) in [4.78, 5) is 10.8. The lowest BCUT2D eigenvalue weighted by Crippen LogP contribution is -2.36. The number of hydrogen-bond acceptors (Lipinski definition) is 4. The summed E-state index contributed by atoms with van der Waals surface area (Å²) in [6, 6.07) is 1.94. The standard InChI is InChI=1S/C9H12BrN3O/c1-7-11-8(10)6-9(12-7)13-2-4-14-5-3-13/h6H,2-5H2,1H3. The number of aromatic nitrogens is 2. The molecular weight excluding hydrogens is 246 g/mol. The quantitative estimate of drug-likeness (QED) is 0.713. The van der Waals surface area contributed by atoms with Crippen LogP contribution in [-0.2, 0) is 4.74 Å². The average molecular weight is 258 g/mol. The molecule has 1 aromatic heterocycles. The van der Waals surface area contributed by atoms with Gasteiger partial charge >= 0.3 is 0 Å². The van der Waals surface area contributed by atoms with E-state index in [0.29, 0.717) is 0 Å².